The van der Waals surface area contributed by atoms with Crippen LogP contribution in [0, 0.1) is 0 Å². The van der Waals surface area contributed by atoms with Crippen molar-refractivity contribution in [1.29, 1.82) is 0 Å². The van der Waals surface area contributed by atoms with Crippen molar-refractivity contribution in [3.8, 4) is 0 Å². The van der Waals surface area contributed by atoms with Gasteiger partial charge in [-0.3, -0.25) is 14.4 Å². The molecule has 43 heavy (non-hydrogen) atoms. The first-order valence-corrected chi connectivity index (χ1v) is 13.4. The number of hydrogen-bond acceptors (Lipinski definition) is 7. The van der Waals surface area contributed by atoms with Crippen LogP contribution >= 0.6 is 0 Å². The number of likely N-dealkylation sites (N-methyl/N-ethyl adjacent to an activating group) is 1. The number of allylic oxidation sites excluding steroid dienone is 1. The number of fused-ring (bicyclic) bond motifs is 1. The lowest BCUT2D eigenvalue weighted by atomic mass is 9.92. The number of imidazole rings is 1. The number of anilines is 1. The van der Waals surface area contributed by atoms with Crippen LogP contribution in [0.3, 0.4) is 0 Å². The highest BCUT2D eigenvalue weighted by Gasteiger charge is 2.48. The summed E-state index contributed by atoms with van der Waals surface area (Å²) in [4.78, 5) is 55.7. The zero-order valence-corrected chi connectivity index (χ0v) is 24.9. The zero-order chi connectivity index (χ0) is 32.1. The number of nitrogens with one attached hydrogen (secondary N) is 2. The van der Waals surface area contributed by atoms with E-state index in [4.69, 9.17) is 0 Å². The zero-order valence-electron chi connectivity index (χ0n) is 24.9. The van der Waals surface area contributed by atoms with Crippen LogP contribution in [-0.2, 0) is 33.8 Å². The maximum Gasteiger partial charge on any atom is 0.407 e. The number of halogens is 2. The summed E-state index contributed by atoms with van der Waals surface area (Å²) in [5.74, 6) is -4.25. The molecule has 0 saturated carbocycles. The third-order valence-corrected chi connectivity index (χ3v) is 6.82. The first-order chi connectivity index (χ1) is 20.1. The molecule has 0 aliphatic carbocycles. The molecule has 0 spiro atoms. The Morgan fingerprint density at radius 1 is 1.19 bits per heavy atom. The number of aryl methyl sites for hydroxylation is 1. The average molecular weight is 603 g/mol. The molecule has 12 nitrogen and oxygen atoms in total. The lowest BCUT2D eigenvalue weighted by Gasteiger charge is -2.29. The Bertz CT molecular complexity index is 1590. The van der Waals surface area contributed by atoms with Crippen LogP contribution in [0.2, 0.25) is 0 Å². The Labute approximate surface area is 246 Å². The molecule has 2 heterocycles. The fourth-order valence-electron chi connectivity index (χ4n) is 4.18. The van der Waals surface area contributed by atoms with Crippen molar-refractivity contribution >= 4 is 34.6 Å². The molecule has 0 aliphatic heterocycles. The van der Waals surface area contributed by atoms with Crippen molar-refractivity contribution in [3.63, 3.8) is 0 Å². The summed E-state index contributed by atoms with van der Waals surface area (Å²) >= 11 is 0. The SMILES string of the molecule is COC(=O)N[C@@H](CC/C=C/C(=O)N(C)C)C(=O)Nc1cccn(Cc2nc3c(C(F)(F)C(C)(C)O)cccc3n2C)c1=O. The number of methoxy groups -OCH3 is 1. The van der Waals surface area contributed by atoms with Crippen LogP contribution in [0.15, 0.2) is 53.5 Å². The third kappa shape index (κ3) is 7.44. The van der Waals surface area contributed by atoms with Gasteiger partial charge in [-0.15, -0.1) is 0 Å². The van der Waals surface area contributed by atoms with Gasteiger partial charge in [0.2, 0.25) is 11.8 Å². The summed E-state index contributed by atoms with van der Waals surface area (Å²) in [6.45, 7) is 1.92. The van der Waals surface area contributed by atoms with E-state index in [9.17, 15) is 24.3 Å². The Kier molecular flexibility index (Phi) is 10.1. The predicted molar refractivity (Wildman–Crippen MR) is 156 cm³/mol. The van der Waals surface area contributed by atoms with E-state index in [1.165, 1.54) is 46.0 Å². The van der Waals surface area contributed by atoms with Crippen molar-refractivity contribution in [1.82, 2.24) is 24.3 Å². The van der Waals surface area contributed by atoms with Crippen LogP contribution in [-0.4, -0.2) is 74.9 Å². The first-order valence-electron chi connectivity index (χ1n) is 13.4. The number of carbonyl (C=O) groups excluding carboxylic acids is 3. The molecule has 1 atom stereocenters. The minimum absolute atomic E-state index is 0.0114. The molecule has 14 heteroatoms. The van der Waals surface area contributed by atoms with Gasteiger partial charge in [0.05, 0.1) is 30.3 Å². The number of rotatable bonds is 11. The fraction of sp³-hybridized carbons (Fsp3) is 0.414. The highest BCUT2D eigenvalue weighted by Crippen LogP contribution is 2.41. The number of nitrogens with zero attached hydrogens (tertiary/aromatic N) is 4. The number of aromatic nitrogens is 3. The molecule has 0 bridgehead atoms. The number of para-hydroxylation sites is 1. The number of benzene rings is 1. The molecule has 3 rings (SSSR count). The monoisotopic (exact) mass is 602 g/mol. The number of alkyl halides is 2. The van der Waals surface area contributed by atoms with Crippen molar-refractivity contribution in [2.24, 2.45) is 7.05 Å². The molecule has 3 amide bonds. The van der Waals surface area contributed by atoms with E-state index in [1.54, 1.807) is 37.9 Å². The van der Waals surface area contributed by atoms with Gasteiger partial charge >= 0.3 is 12.0 Å². The normalized spacial score (nSPS) is 12.8. The van der Waals surface area contributed by atoms with E-state index in [0.717, 1.165) is 21.0 Å². The number of pyridine rings is 1. The molecule has 0 aliphatic rings. The van der Waals surface area contributed by atoms with Crippen LogP contribution < -0.4 is 16.2 Å². The van der Waals surface area contributed by atoms with E-state index >= 15 is 8.78 Å². The molecule has 3 aromatic rings. The van der Waals surface area contributed by atoms with E-state index in [-0.39, 0.29) is 42.3 Å². The standard InChI is InChI=1S/C29H36F2N6O6/c1-28(2,42)29(30,31)18-11-9-14-21-24(18)34-22(36(21)5)17-37-16-10-13-20(26(37)40)32-25(39)19(33-27(41)43-6)12-7-8-15-23(38)35(3)4/h8-11,13-16,19,42H,7,12,17H2,1-6H3,(H,32,39)(H,33,41)/b15-8+/t19-/m0/s1. The lowest BCUT2D eigenvalue weighted by Crippen LogP contribution is -2.44. The smallest absolute Gasteiger partial charge is 0.407 e. The number of alkyl carbamates (subject to hydrolysis) is 1. The second-order valence-corrected chi connectivity index (χ2v) is 10.6. The topological polar surface area (TPSA) is 148 Å². The summed E-state index contributed by atoms with van der Waals surface area (Å²) in [7, 11) is 5.96. The molecule has 3 N–H and O–H groups in total. The Morgan fingerprint density at radius 2 is 1.88 bits per heavy atom. The minimum atomic E-state index is -3.61. The maximum atomic E-state index is 15.1. The first kappa shape index (κ1) is 32.9. The molecular weight excluding hydrogens is 566 g/mol. The van der Waals surface area contributed by atoms with Crippen LogP contribution in [0.5, 0.6) is 0 Å². The van der Waals surface area contributed by atoms with Gasteiger partial charge in [-0.05, 0) is 51.0 Å². The highest BCUT2D eigenvalue weighted by atomic mass is 19.3. The quantitative estimate of drug-likeness (QED) is 0.286. The van der Waals surface area contributed by atoms with Crippen LogP contribution in [0.4, 0.5) is 19.3 Å². The number of hydrogen-bond donors (Lipinski definition) is 3. The van der Waals surface area contributed by atoms with E-state index < -0.39 is 40.7 Å². The average Bonchev–Trinajstić information content (AvgIpc) is 3.26. The maximum absolute atomic E-state index is 15.1. The summed E-state index contributed by atoms with van der Waals surface area (Å²) in [5.41, 5.74) is -3.11. The molecule has 0 saturated heterocycles. The second-order valence-electron chi connectivity index (χ2n) is 10.6. The molecule has 0 radical (unpaired) electrons. The second kappa shape index (κ2) is 13.2. The van der Waals surface area contributed by atoms with Crippen LogP contribution in [0.1, 0.15) is 38.1 Å². The van der Waals surface area contributed by atoms with E-state index in [2.05, 4.69) is 20.4 Å². The summed E-state index contributed by atoms with van der Waals surface area (Å²) in [6, 6.07) is 6.07. The number of amides is 3. The van der Waals surface area contributed by atoms with Crippen molar-refractivity contribution in [2.45, 2.75) is 50.8 Å². The minimum Gasteiger partial charge on any atom is -0.453 e. The Hall–Kier alpha value is -4.59. The van der Waals surface area contributed by atoms with Crippen molar-refractivity contribution in [2.75, 3.05) is 26.5 Å². The Balaban J connectivity index is 1.86. The van der Waals surface area contributed by atoms with Gasteiger partial charge < -0.3 is 34.5 Å². The molecule has 0 unspecified atom stereocenters. The third-order valence-electron chi connectivity index (χ3n) is 6.82. The Morgan fingerprint density at radius 3 is 2.51 bits per heavy atom. The van der Waals surface area contributed by atoms with Crippen LogP contribution in [0.25, 0.3) is 11.0 Å². The lowest BCUT2D eigenvalue weighted by molar-refractivity contribution is -0.167. The van der Waals surface area contributed by atoms with Crippen molar-refractivity contribution < 1.29 is 33.0 Å². The van der Waals surface area contributed by atoms with Gasteiger partial charge in [-0.25, -0.2) is 9.78 Å². The number of carbonyl (C=O) groups is 3. The summed E-state index contributed by atoms with van der Waals surface area (Å²) in [5, 5.41) is 15.0. The van der Waals surface area contributed by atoms with Gasteiger partial charge in [0.15, 0.2) is 0 Å². The highest BCUT2D eigenvalue weighted by molar-refractivity contribution is 5.96. The van der Waals surface area contributed by atoms with Crippen molar-refractivity contribution in [3.05, 3.63) is 70.4 Å². The largest absolute Gasteiger partial charge is 0.453 e. The van der Waals surface area contributed by atoms with Gasteiger partial charge in [0.25, 0.3) is 5.56 Å². The summed E-state index contributed by atoms with van der Waals surface area (Å²) < 4.78 is 37.6. The molecule has 0 fully saturated rings. The van der Waals surface area contributed by atoms with E-state index in [0.29, 0.717) is 5.52 Å². The summed E-state index contributed by atoms with van der Waals surface area (Å²) in [6.07, 6.45) is 3.89. The molecule has 1 aromatic carbocycles. The van der Waals surface area contributed by atoms with Gasteiger partial charge in [-0.2, -0.15) is 8.78 Å². The molecule has 2 aromatic heterocycles. The van der Waals surface area contributed by atoms with Gasteiger partial charge in [0.1, 0.15) is 23.2 Å². The molecular formula is C29H36F2N6O6. The molecule has 232 valence electrons. The number of ether oxygens (including phenoxy) is 1. The van der Waals surface area contributed by atoms with E-state index in [1.807, 2.05) is 0 Å². The number of aliphatic hydroxyl groups is 1. The fourth-order valence-corrected chi connectivity index (χ4v) is 4.18. The van der Waals surface area contributed by atoms with Gasteiger partial charge in [0, 0.05) is 27.3 Å². The van der Waals surface area contributed by atoms with Gasteiger partial charge in [-0.1, -0.05) is 18.2 Å². The predicted octanol–water partition coefficient (Wildman–Crippen LogP) is 2.73.